The summed E-state index contributed by atoms with van der Waals surface area (Å²) >= 11 is 6.37. The third kappa shape index (κ3) is 5.15. The number of nitrogens with zero attached hydrogens (tertiary/aromatic N) is 4. The first-order valence-corrected chi connectivity index (χ1v) is 15.0. The number of carbonyl (C=O) groups is 1. The molecule has 9 nitrogen and oxygen atoms in total. The van der Waals surface area contributed by atoms with Crippen molar-refractivity contribution in [3.8, 4) is 5.69 Å². The summed E-state index contributed by atoms with van der Waals surface area (Å²) in [6, 6.07) is 9.27. The van der Waals surface area contributed by atoms with Crippen LogP contribution in [0.15, 0.2) is 72.1 Å². The van der Waals surface area contributed by atoms with Crippen LogP contribution in [0.1, 0.15) is 36.0 Å². The Hall–Kier alpha value is -3.61. The van der Waals surface area contributed by atoms with Crippen molar-refractivity contribution < 1.29 is 27.1 Å². The fraction of sp³-hybridized carbons (Fsp3) is 0.321. The second-order valence-electron chi connectivity index (χ2n) is 10.8. The lowest BCUT2D eigenvalue weighted by atomic mass is 9.77. The molecular weight excluding hydrogens is 576 g/mol. The Morgan fingerprint density at radius 1 is 1.07 bits per heavy atom. The number of benzene rings is 2. The van der Waals surface area contributed by atoms with Crippen molar-refractivity contribution in [3.63, 3.8) is 0 Å². The lowest BCUT2D eigenvalue weighted by Crippen LogP contribution is -2.48. The minimum Gasteiger partial charge on any atom is -0.388 e. The number of nitrogens with one attached hydrogen (secondary N) is 1. The number of hydrogen-bond donors (Lipinski definition) is 2. The maximum absolute atomic E-state index is 14.4. The number of hydrogen-bond acceptors (Lipinski definition) is 6. The lowest BCUT2D eigenvalue weighted by molar-refractivity contribution is -0.0354. The Labute approximate surface area is 239 Å². The molecule has 2 fully saturated rings. The molecule has 2 bridgehead atoms. The summed E-state index contributed by atoms with van der Waals surface area (Å²) in [7, 11) is -3.99. The van der Waals surface area contributed by atoms with Gasteiger partial charge >= 0.3 is 0 Å². The van der Waals surface area contributed by atoms with E-state index in [4.69, 9.17) is 11.6 Å². The molecule has 2 aromatic heterocycles. The molecule has 4 atom stereocenters. The number of aliphatic hydroxyl groups is 1. The van der Waals surface area contributed by atoms with Crippen molar-refractivity contribution in [2.24, 2.45) is 11.8 Å². The van der Waals surface area contributed by atoms with E-state index in [9.17, 15) is 27.1 Å². The highest BCUT2D eigenvalue weighted by atomic mass is 35.5. The van der Waals surface area contributed by atoms with Gasteiger partial charge in [-0.05, 0) is 73.9 Å². The molecule has 3 unspecified atom stereocenters. The predicted octanol–water partition coefficient (Wildman–Crippen LogP) is 4.65. The standard InChI is InChI=1S/C28H26ClF2N5O4S/c29-21-6-5-17(27(37)34-20-12-22(30)25(31)23(13-20)36-10-2-8-33-36)11-24(21)41(39,40)26-18-3-4-19(26)15-28(38,14-18)16-35-9-1-7-32-35/h1-2,5-13,18-19,26,38H,3-4,14-16H2,(H,34,37)/t18-,19?,26?,28?/m0/s1. The highest BCUT2D eigenvalue weighted by Crippen LogP contribution is 2.51. The molecule has 0 spiro atoms. The van der Waals surface area contributed by atoms with E-state index in [1.807, 2.05) is 0 Å². The zero-order valence-corrected chi connectivity index (χ0v) is 23.2. The van der Waals surface area contributed by atoms with Crippen LogP contribution in [0.4, 0.5) is 14.5 Å². The van der Waals surface area contributed by atoms with Gasteiger partial charge in [-0.25, -0.2) is 21.9 Å². The van der Waals surface area contributed by atoms with Crippen molar-refractivity contribution in [3.05, 3.63) is 89.5 Å². The number of aromatic nitrogens is 4. The quantitative estimate of drug-likeness (QED) is 0.318. The molecule has 41 heavy (non-hydrogen) atoms. The Morgan fingerprint density at radius 3 is 2.44 bits per heavy atom. The summed E-state index contributed by atoms with van der Waals surface area (Å²) in [5.74, 6) is -3.61. The highest BCUT2D eigenvalue weighted by molar-refractivity contribution is 7.92. The van der Waals surface area contributed by atoms with E-state index in [-0.39, 0.29) is 45.2 Å². The van der Waals surface area contributed by atoms with Crippen molar-refractivity contribution >= 4 is 33.0 Å². The molecule has 4 aromatic rings. The summed E-state index contributed by atoms with van der Waals surface area (Å²) in [6.45, 7) is 0.280. The number of fused-ring (bicyclic) bond motifs is 2. The summed E-state index contributed by atoms with van der Waals surface area (Å²) < 4.78 is 59.4. The number of amides is 1. The lowest BCUT2D eigenvalue weighted by Gasteiger charge is -2.40. The molecule has 0 radical (unpaired) electrons. The van der Waals surface area contributed by atoms with E-state index in [0.717, 1.165) is 10.7 Å². The number of carbonyl (C=O) groups excluding carboxylic acids is 1. The smallest absolute Gasteiger partial charge is 0.255 e. The summed E-state index contributed by atoms with van der Waals surface area (Å²) in [4.78, 5) is 13.0. The SMILES string of the molecule is O=C(Nc1cc(F)c(F)c(-n2cccn2)c1)c1ccc(Cl)c(S(=O)(=O)C2C3CC[C@H]2CC(O)(Cn2cccn2)C3)c1. The number of halogens is 3. The average molecular weight is 602 g/mol. The van der Waals surface area contributed by atoms with Gasteiger partial charge in [0.15, 0.2) is 21.5 Å². The predicted molar refractivity (Wildman–Crippen MR) is 146 cm³/mol. The molecule has 2 heterocycles. The van der Waals surface area contributed by atoms with Gasteiger partial charge in [0.25, 0.3) is 5.91 Å². The Bertz CT molecular complexity index is 1700. The molecule has 2 aliphatic rings. The topological polar surface area (TPSA) is 119 Å². The highest BCUT2D eigenvalue weighted by Gasteiger charge is 2.54. The number of anilines is 1. The normalized spacial score (nSPS) is 24.0. The van der Waals surface area contributed by atoms with Crippen molar-refractivity contribution in [1.29, 1.82) is 0 Å². The summed E-state index contributed by atoms with van der Waals surface area (Å²) in [5.41, 5.74) is -1.34. The van der Waals surface area contributed by atoms with E-state index < -0.39 is 38.2 Å². The molecule has 214 valence electrons. The minimum absolute atomic E-state index is 0.0170. The van der Waals surface area contributed by atoms with Gasteiger partial charge in [-0.15, -0.1) is 0 Å². The Balaban J connectivity index is 1.25. The van der Waals surface area contributed by atoms with Crippen LogP contribution in [0, 0.1) is 23.5 Å². The van der Waals surface area contributed by atoms with Gasteiger partial charge in [-0.1, -0.05) is 11.6 Å². The molecule has 2 saturated carbocycles. The van der Waals surface area contributed by atoms with Crippen LogP contribution in [-0.2, 0) is 16.4 Å². The fourth-order valence-electron chi connectivity index (χ4n) is 6.41. The summed E-state index contributed by atoms with van der Waals surface area (Å²) in [6.07, 6.45) is 8.14. The van der Waals surface area contributed by atoms with Gasteiger partial charge in [0.05, 0.1) is 27.3 Å². The Morgan fingerprint density at radius 2 is 1.78 bits per heavy atom. The van der Waals surface area contributed by atoms with Crippen LogP contribution < -0.4 is 5.32 Å². The van der Waals surface area contributed by atoms with Crippen LogP contribution in [0.5, 0.6) is 0 Å². The van der Waals surface area contributed by atoms with Crippen molar-refractivity contribution in [2.75, 3.05) is 5.32 Å². The largest absolute Gasteiger partial charge is 0.388 e. The zero-order valence-electron chi connectivity index (χ0n) is 21.6. The second kappa shape index (κ2) is 10.3. The second-order valence-corrected chi connectivity index (χ2v) is 13.3. The molecule has 2 N–H and O–H groups in total. The van der Waals surface area contributed by atoms with Crippen LogP contribution in [-0.4, -0.2) is 49.8 Å². The minimum atomic E-state index is -3.99. The van der Waals surface area contributed by atoms with Gasteiger partial charge in [0.2, 0.25) is 0 Å². The van der Waals surface area contributed by atoms with Crippen LogP contribution in [0.3, 0.4) is 0 Å². The van der Waals surface area contributed by atoms with E-state index in [0.29, 0.717) is 25.7 Å². The van der Waals surface area contributed by atoms with Crippen LogP contribution >= 0.6 is 11.6 Å². The average Bonchev–Trinajstić information content (AvgIpc) is 3.68. The fourth-order valence-corrected chi connectivity index (χ4v) is 9.25. The van der Waals surface area contributed by atoms with E-state index in [1.165, 1.54) is 42.7 Å². The van der Waals surface area contributed by atoms with Crippen molar-refractivity contribution in [1.82, 2.24) is 19.6 Å². The van der Waals surface area contributed by atoms with E-state index in [1.54, 1.807) is 23.1 Å². The van der Waals surface area contributed by atoms with E-state index >= 15 is 0 Å². The number of rotatable bonds is 7. The molecule has 13 heteroatoms. The molecule has 1 amide bonds. The molecule has 2 aromatic carbocycles. The molecule has 2 aliphatic carbocycles. The molecule has 0 saturated heterocycles. The van der Waals surface area contributed by atoms with Gasteiger partial charge in [0, 0.05) is 42.1 Å². The summed E-state index contributed by atoms with van der Waals surface area (Å²) in [5, 5.41) is 21.1. The Kier molecular flexibility index (Phi) is 6.95. The maximum atomic E-state index is 14.4. The number of sulfone groups is 1. The van der Waals surface area contributed by atoms with Gasteiger partial charge < -0.3 is 10.4 Å². The monoisotopic (exact) mass is 601 g/mol. The van der Waals surface area contributed by atoms with E-state index in [2.05, 4.69) is 15.5 Å². The van der Waals surface area contributed by atoms with Crippen molar-refractivity contribution in [2.45, 2.75) is 48.0 Å². The first-order valence-electron chi connectivity index (χ1n) is 13.1. The molecule has 6 rings (SSSR count). The maximum Gasteiger partial charge on any atom is 0.255 e. The molecule has 0 aliphatic heterocycles. The first kappa shape index (κ1) is 27.6. The van der Waals surface area contributed by atoms with Crippen LogP contribution in [0.25, 0.3) is 5.69 Å². The first-order chi connectivity index (χ1) is 19.5. The van der Waals surface area contributed by atoms with Gasteiger partial charge in [-0.2, -0.15) is 10.2 Å². The van der Waals surface area contributed by atoms with Gasteiger partial charge in [0.1, 0.15) is 5.69 Å². The third-order valence-corrected chi connectivity index (χ3v) is 10.9. The molecular formula is C28H26ClF2N5O4S. The van der Waals surface area contributed by atoms with Crippen LogP contribution in [0.2, 0.25) is 5.02 Å². The zero-order chi connectivity index (χ0) is 28.9. The van der Waals surface area contributed by atoms with Gasteiger partial charge in [-0.3, -0.25) is 9.48 Å². The third-order valence-electron chi connectivity index (χ3n) is 8.01.